The number of aromatic nitrogens is 2. The van der Waals surface area contributed by atoms with Crippen LogP contribution in [0.15, 0.2) is 47.4 Å². The van der Waals surface area contributed by atoms with Crippen molar-refractivity contribution in [2.24, 2.45) is 0 Å². The van der Waals surface area contributed by atoms with Crippen molar-refractivity contribution in [2.75, 3.05) is 13.1 Å². The van der Waals surface area contributed by atoms with Gasteiger partial charge in [-0.15, -0.1) is 0 Å². The number of sulfonamides is 1. The fraction of sp³-hybridized carbons (Fsp3) is 0.235. The summed E-state index contributed by atoms with van der Waals surface area (Å²) in [5.41, 5.74) is 2.95. The number of H-pyrrole nitrogens is 1. The number of rotatable bonds is 3. The third-order valence-electron chi connectivity index (χ3n) is 4.34. The van der Waals surface area contributed by atoms with Crippen LogP contribution < -0.4 is 0 Å². The summed E-state index contributed by atoms with van der Waals surface area (Å²) < 4.78 is 40.0. The summed E-state index contributed by atoms with van der Waals surface area (Å²) in [7, 11) is -3.79. The van der Waals surface area contributed by atoms with Crippen LogP contribution in [-0.2, 0) is 10.0 Å². The van der Waals surface area contributed by atoms with Crippen LogP contribution in [0.5, 0.6) is 0 Å². The first-order chi connectivity index (χ1) is 11.4. The second-order valence-corrected chi connectivity index (χ2v) is 8.00. The van der Waals surface area contributed by atoms with E-state index in [-0.39, 0.29) is 10.8 Å². The van der Waals surface area contributed by atoms with Gasteiger partial charge in [-0.2, -0.15) is 4.31 Å². The molecule has 0 bridgehead atoms. The fourth-order valence-electron chi connectivity index (χ4n) is 2.94. The van der Waals surface area contributed by atoms with Crippen molar-refractivity contribution < 1.29 is 12.8 Å². The molecule has 1 saturated heterocycles. The second-order valence-electron chi connectivity index (χ2n) is 6.09. The first-order valence-electron chi connectivity index (χ1n) is 7.66. The smallest absolute Gasteiger partial charge is 0.246 e. The molecule has 0 unspecified atom stereocenters. The molecule has 1 N–H and O–H groups in total. The summed E-state index contributed by atoms with van der Waals surface area (Å²) in [5, 5.41) is 0. The summed E-state index contributed by atoms with van der Waals surface area (Å²) in [5.74, 6) is 0.0509. The van der Waals surface area contributed by atoms with E-state index < -0.39 is 15.8 Å². The molecule has 3 aromatic rings. The van der Waals surface area contributed by atoms with E-state index in [0.717, 1.165) is 28.5 Å². The number of hydrogen-bond donors (Lipinski definition) is 1. The summed E-state index contributed by atoms with van der Waals surface area (Å²) in [6, 6.07) is 11.4. The molecule has 1 fully saturated rings. The number of fused-ring (bicyclic) bond motifs is 1. The summed E-state index contributed by atoms with van der Waals surface area (Å²) in [6.45, 7) is 2.61. The molecule has 0 atom stereocenters. The van der Waals surface area contributed by atoms with Gasteiger partial charge >= 0.3 is 0 Å². The van der Waals surface area contributed by atoms with Gasteiger partial charge < -0.3 is 4.98 Å². The quantitative estimate of drug-likeness (QED) is 0.794. The zero-order valence-corrected chi connectivity index (χ0v) is 13.8. The number of nitrogens with one attached hydrogen (secondary N) is 1. The third-order valence-corrected chi connectivity index (χ3v) is 6.21. The van der Waals surface area contributed by atoms with E-state index >= 15 is 0 Å². The zero-order valence-electron chi connectivity index (χ0n) is 13.0. The molecule has 2 aromatic carbocycles. The first-order valence-corrected chi connectivity index (χ1v) is 9.10. The van der Waals surface area contributed by atoms with Crippen molar-refractivity contribution in [3.05, 3.63) is 59.7 Å². The molecule has 0 aliphatic carbocycles. The lowest BCUT2D eigenvalue weighted by atomic mass is 10.0. The van der Waals surface area contributed by atoms with Crippen LogP contribution >= 0.6 is 0 Å². The van der Waals surface area contributed by atoms with Crippen molar-refractivity contribution in [1.82, 2.24) is 14.3 Å². The number of halogens is 1. The molecule has 24 heavy (non-hydrogen) atoms. The van der Waals surface area contributed by atoms with Gasteiger partial charge in [0, 0.05) is 19.0 Å². The molecule has 124 valence electrons. The minimum Gasteiger partial charge on any atom is -0.342 e. The van der Waals surface area contributed by atoms with E-state index in [2.05, 4.69) is 9.97 Å². The van der Waals surface area contributed by atoms with Crippen LogP contribution in [0.4, 0.5) is 4.39 Å². The van der Waals surface area contributed by atoms with Crippen LogP contribution in [0.25, 0.3) is 11.0 Å². The molecular weight excluding hydrogens is 329 g/mol. The maximum Gasteiger partial charge on any atom is 0.246 e. The highest BCUT2D eigenvalue weighted by Crippen LogP contribution is 2.32. The van der Waals surface area contributed by atoms with E-state index in [0.29, 0.717) is 13.1 Å². The molecule has 1 aliphatic rings. The van der Waals surface area contributed by atoms with Gasteiger partial charge in [0.1, 0.15) is 16.5 Å². The second kappa shape index (κ2) is 5.39. The lowest BCUT2D eigenvalue weighted by Crippen LogP contribution is -2.48. The maximum absolute atomic E-state index is 13.8. The summed E-state index contributed by atoms with van der Waals surface area (Å²) in [4.78, 5) is 7.51. The van der Waals surface area contributed by atoms with Gasteiger partial charge in [-0.05, 0) is 36.8 Å². The van der Waals surface area contributed by atoms with Crippen molar-refractivity contribution in [2.45, 2.75) is 17.7 Å². The normalized spacial score (nSPS) is 16.4. The largest absolute Gasteiger partial charge is 0.342 e. The fourth-order valence-corrected chi connectivity index (χ4v) is 4.53. The van der Waals surface area contributed by atoms with Gasteiger partial charge in [0.2, 0.25) is 10.0 Å². The molecule has 2 heterocycles. The van der Waals surface area contributed by atoms with Gasteiger partial charge in [0.15, 0.2) is 0 Å². The monoisotopic (exact) mass is 345 g/mol. The van der Waals surface area contributed by atoms with Crippen molar-refractivity contribution >= 4 is 21.1 Å². The maximum atomic E-state index is 13.8. The Kier molecular flexibility index (Phi) is 3.43. The molecule has 4 rings (SSSR count). The van der Waals surface area contributed by atoms with E-state index in [4.69, 9.17) is 0 Å². The average Bonchev–Trinajstić information content (AvgIpc) is 2.88. The Bertz CT molecular complexity index is 1020. The minimum atomic E-state index is -3.79. The van der Waals surface area contributed by atoms with Crippen LogP contribution in [0.1, 0.15) is 17.3 Å². The molecule has 1 aromatic heterocycles. The van der Waals surface area contributed by atoms with E-state index in [1.807, 2.05) is 25.1 Å². The SMILES string of the molecule is Cc1ccc2nc(C3CN(S(=O)(=O)c4ccccc4F)C3)[nH]c2c1. The van der Waals surface area contributed by atoms with E-state index in [9.17, 15) is 12.8 Å². The van der Waals surface area contributed by atoms with Crippen molar-refractivity contribution in [3.8, 4) is 0 Å². The number of aryl methyl sites for hydroxylation is 1. The highest BCUT2D eigenvalue weighted by atomic mass is 32.2. The Morgan fingerprint density at radius 3 is 2.71 bits per heavy atom. The lowest BCUT2D eigenvalue weighted by Gasteiger charge is -2.36. The van der Waals surface area contributed by atoms with Crippen LogP contribution in [0, 0.1) is 12.7 Å². The molecule has 1 aliphatic heterocycles. The molecular formula is C17H16FN3O2S. The molecule has 0 radical (unpaired) electrons. The molecule has 0 amide bonds. The number of nitrogens with zero attached hydrogens (tertiary/aromatic N) is 2. The van der Waals surface area contributed by atoms with Crippen LogP contribution in [0.3, 0.4) is 0 Å². The molecule has 5 nitrogen and oxygen atoms in total. The standard InChI is InChI=1S/C17H16FN3O2S/c1-11-6-7-14-15(8-11)20-17(19-14)12-9-21(10-12)24(22,23)16-5-3-2-4-13(16)18/h2-8,12H,9-10H2,1H3,(H,19,20). The molecule has 0 saturated carbocycles. The zero-order chi connectivity index (χ0) is 16.9. The Balaban J connectivity index is 1.56. The first kappa shape index (κ1) is 15.3. The Morgan fingerprint density at radius 1 is 1.21 bits per heavy atom. The van der Waals surface area contributed by atoms with Crippen LogP contribution in [-0.4, -0.2) is 35.8 Å². The Labute approximate surface area is 139 Å². The molecule has 7 heteroatoms. The minimum absolute atomic E-state index is 0.000690. The average molecular weight is 345 g/mol. The highest BCUT2D eigenvalue weighted by Gasteiger charge is 2.39. The van der Waals surface area contributed by atoms with E-state index in [1.165, 1.54) is 22.5 Å². The predicted molar refractivity (Wildman–Crippen MR) is 88.7 cm³/mol. The number of hydrogen-bond acceptors (Lipinski definition) is 3. The number of aromatic amines is 1. The highest BCUT2D eigenvalue weighted by molar-refractivity contribution is 7.89. The van der Waals surface area contributed by atoms with Gasteiger partial charge in [-0.3, -0.25) is 0 Å². The van der Waals surface area contributed by atoms with Gasteiger partial charge in [0.25, 0.3) is 0 Å². The van der Waals surface area contributed by atoms with Gasteiger partial charge in [0.05, 0.1) is 11.0 Å². The topological polar surface area (TPSA) is 66.1 Å². The Morgan fingerprint density at radius 2 is 1.96 bits per heavy atom. The van der Waals surface area contributed by atoms with Crippen molar-refractivity contribution in [1.29, 1.82) is 0 Å². The van der Waals surface area contributed by atoms with Crippen LogP contribution in [0.2, 0.25) is 0 Å². The van der Waals surface area contributed by atoms with E-state index in [1.54, 1.807) is 0 Å². The van der Waals surface area contributed by atoms with Gasteiger partial charge in [-0.1, -0.05) is 18.2 Å². The van der Waals surface area contributed by atoms with Gasteiger partial charge in [-0.25, -0.2) is 17.8 Å². The summed E-state index contributed by atoms with van der Waals surface area (Å²) in [6.07, 6.45) is 0. The summed E-state index contributed by atoms with van der Waals surface area (Å²) >= 11 is 0. The van der Waals surface area contributed by atoms with Crippen molar-refractivity contribution in [3.63, 3.8) is 0 Å². The number of benzene rings is 2. The molecule has 0 spiro atoms. The third kappa shape index (κ3) is 2.40. The lowest BCUT2D eigenvalue weighted by molar-refractivity contribution is 0.256. The number of imidazole rings is 1. The Hall–Kier alpha value is -2.25. The predicted octanol–water partition coefficient (Wildman–Crippen LogP) is 2.80.